The van der Waals surface area contributed by atoms with Crippen LogP contribution in [-0.2, 0) is 11.2 Å². The van der Waals surface area contributed by atoms with Crippen molar-refractivity contribution < 1.29 is 9.53 Å². The summed E-state index contributed by atoms with van der Waals surface area (Å²) in [5.74, 6) is 1.52. The first-order chi connectivity index (χ1) is 14.6. The molecule has 0 atom stereocenters. The Hall–Kier alpha value is -3.07. The maximum absolute atomic E-state index is 12.8. The number of rotatable bonds is 7. The lowest BCUT2D eigenvalue weighted by molar-refractivity contribution is 0.0947. The lowest BCUT2D eigenvalue weighted by atomic mass is 10.1. The minimum absolute atomic E-state index is 0.181. The van der Waals surface area contributed by atoms with E-state index in [1.165, 1.54) is 0 Å². The molecule has 1 saturated heterocycles. The second-order valence-electron chi connectivity index (χ2n) is 7.64. The van der Waals surface area contributed by atoms with Crippen LogP contribution in [0.4, 0.5) is 5.95 Å². The van der Waals surface area contributed by atoms with E-state index in [2.05, 4.69) is 44.2 Å². The number of hydrogen-bond donors (Lipinski definition) is 1. The van der Waals surface area contributed by atoms with Crippen LogP contribution >= 0.6 is 0 Å². The van der Waals surface area contributed by atoms with Gasteiger partial charge in [0.25, 0.3) is 5.91 Å². The lowest BCUT2D eigenvalue weighted by Gasteiger charge is -2.27. The van der Waals surface area contributed by atoms with Gasteiger partial charge in [0.05, 0.1) is 13.2 Å². The fourth-order valence-corrected chi connectivity index (χ4v) is 3.37. The second-order valence-corrected chi connectivity index (χ2v) is 7.64. The van der Waals surface area contributed by atoms with Crippen LogP contribution in [0.2, 0.25) is 0 Å². The Morgan fingerprint density at radius 3 is 2.83 bits per heavy atom. The van der Waals surface area contributed by atoms with Crippen molar-refractivity contribution in [3.63, 3.8) is 0 Å². The third-order valence-corrected chi connectivity index (χ3v) is 5.10. The smallest absolute Gasteiger partial charge is 0.270 e. The van der Waals surface area contributed by atoms with Gasteiger partial charge in [0.2, 0.25) is 5.95 Å². The molecule has 0 bridgehead atoms. The molecule has 1 fully saturated rings. The quantitative estimate of drug-likeness (QED) is 0.595. The molecule has 0 unspecified atom stereocenters. The van der Waals surface area contributed by atoms with Crippen molar-refractivity contribution >= 4 is 17.5 Å². The zero-order chi connectivity index (χ0) is 20.9. The van der Waals surface area contributed by atoms with Crippen molar-refractivity contribution in [3.05, 3.63) is 47.7 Å². The Kier molecular flexibility index (Phi) is 6.18. The summed E-state index contributed by atoms with van der Waals surface area (Å²) in [5.41, 5.74) is 2.10. The number of aryl methyl sites for hydroxylation is 1. The molecule has 9 heteroatoms. The first-order valence-corrected chi connectivity index (χ1v) is 10.4. The number of fused-ring (bicyclic) bond motifs is 1. The molecule has 3 aromatic rings. The number of nitrogens with zero attached hydrogens (tertiary/aromatic N) is 6. The molecule has 0 spiro atoms. The molecule has 4 rings (SSSR count). The summed E-state index contributed by atoms with van der Waals surface area (Å²) in [5, 5.41) is 11.4. The third-order valence-electron chi connectivity index (χ3n) is 5.10. The summed E-state index contributed by atoms with van der Waals surface area (Å²) in [7, 11) is 0. The van der Waals surface area contributed by atoms with Gasteiger partial charge in [-0.3, -0.25) is 9.20 Å². The van der Waals surface area contributed by atoms with Gasteiger partial charge in [-0.05, 0) is 30.5 Å². The monoisotopic (exact) mass is 409 g/mol. The number of carbonyl (C=O) groups excluding carboxylic acids is 1. The molecule has 0 aliphatic carbocycles. The SMILES string of the molecule is CC(C)c1cc(C(=O)NCCCc2nnc3ccccn23)nc(N2CCOCC2)n1. The number of anilines is 1. The van der Waals surface area contributed by atoms with E-state index in [0.29, 0.717) is 31.4 Å². The van der Waals surface area contributed by atoms with Crippen molar-refractivity contribution in [3.8, 4) is 0 Å². The Morgan fingerprint density at radius 1 is 1.20 bits per heavy atom. The molecule has 0 saturated carbocycles. The molecule has 9 nitrogen and oxygen atoms in total. The number of amides is 1. The van der Waals surface area contributed by atoms with E-state index in [4.69, 9.17) is 4.74 Å². The van der Waals surface area contributed by atoms with Gasteiger partial charge in [-0.25, -0.2) is 9.97 Å². The normalized spacial score (nSPS) is 14.4. The minimum Gasteiger partial charge on any atom is -0.378 e. The van der Waals surface area contributed by atoms with Crippen LogP contribution in [0.3, 0.4) is 0 Å². The van der Waals surface area contributed by atoms with Crippen molar-refractivity contribution in [2.24, 2.45) is 0 Å². The summed E-state index contributed by atoms with van der Waals surface area (Å²) in [6.45, 7) is 7.42. The van der Waals surface area contributed by atoms with Gasteiger partial charge in [-0.15, -0.1) is 10.2 Å². The van der Waals surface area contributed by atoms with Gasteiger partial charge >= 0.3 is 0 Å². The van der Waals surface area contributed by atoms with Gasteiger partial charge in [0, 0.05) is 37.9 Å². The second kappa shape index (κ2) is 9.17. The number of nitrogens with one attached hydrogen (secondary N) is 1. The van der Waals surface area contributed by atoms with Crippen LogP contribution in [0, 0.1) is 0 Å². The third kappa shape index (κ3) is 4.56. The summed E-state index contributed by atoms with van der Waals surface area (Å²) >= 11 is 0. The average Bonchev–Trinajstić information content (AvgIpc) is 3.20. The molecular formula is C21H27N7O2. The Labute approximate surface area is 175 Å². The topological polar surface area (TPSA) is 97.5 Å². The van der Waals surface area contributed by atoms with Crippen LogP contribution < -0.4 is 10.2 Å². The highest BCUT2D eigenvalue weighted by molar-refractivity contribution is 5.92. The van der Waals surface area contributed by atoms with E-state index in [9.17, 15) is 4.79 Å². The fourth-order valence-electron chi connectivity index (χ4n) is 3.37. The Bertz CT molecular complexity index is 1010. The predicted octanol–water partition coefficient (Wildman–Crippen LogP) is 1.84. The van der Waals surface area contributed by atoms with Crippen molar-refractivity contribution in [2.45, 2.75) is 32.6 Å². The molecule has 1 N–H and O–H groups in total. The lowest BCUT2D eigenvalue weighted by Crippen LogP contribution is -2.38. The molecular weight excluding hydrogens is 382 g/mol. The first kappa shape index (κ1) is 20.2. The zero-order valence-electron chi connectivity index (χ0n) is 17.4. The zero-order valence-corrected chi connectivity index (χ0v) is 17.4. The van der Waals surface area contributed by atoms with Gasteiger partial charge in [-0.1, -0.05) is 19.9 Å². The van der Waals surface area contributed by atoms with E-state index in [1.807, 2.05) is 28.8 Å². The highest BCUT2D eigenvalue weighted by atomic mass is 16.5. The van der Waals surface area contributed by atoms with Crippen LogP contribution in [-0.4, -0.2) is 63.3 Å². The first-order valence-electron chi connectivity index (χ1n) is 10.4. The maximum atomic E-state index is 12.8. The van der Waals surface area contributed by atoms with Gasteiger partial charge in [0.1, 0.15) is 11.5 Å². The van der Waals surface area contributed by atoms with E-state index < -0.39 is 0 Å². The fraction of sp³-hybridized carbons (Fsp3) is 0.476. The maximum Gasteiger partial charge on any atom is 0.270 e. The average molecular weight is 409 g/mol. The Morgan fingerprint density at radius 2 is 2.03 bits per heavy atom. The van der Waals surface area contributed by atoms with Gasteiger partial charge < -0.3 is 15.0 Å². The molecule has 4 heterocycles. The summed E-state index contributed by atoms with van der Waals surface area (Å²) in [6, 6.07) is 7.60. The molecule has 30 heavy (non-hydrogen) atoms. The van der Waals surface area contributed by atoms with Crippen LogP contribution in [0.15, 0.2) is 30.5 Å². The van der Waals surface area contributed by atoms with Crippen LogP contribution in [0.25, 0.3) is 5.65 Å². The van der Waals surface area contributed by atoms with Crippen molar-refractivity contribution in [1.29, 1.82) is 0 Å². The van der Waals surface area contributed by atoms with E-state index in [-0.39, 0.29) is 11.8 Å². The van der Waals surface area contributed by atoms with E-state index in [1.54, 1.807) is 6.07 Å². The number of carbonyl (C=O) groups is 1. The summed E-state index contributed by atoms with van der Waals surface area (Å²) in [4.78, 5) is 24.0. The number of hydrogen-bond acceptors (Lipinski definition) is 7. The number of morpholine rings is 1. The molecule has 1 aliphatic rings. The minimum atomic E-state index is -0.181. The van der Waals surface area contributed by atoms with Gasteiger partial charge in [0.15, 0.2) is 5.65 Å². The molecule has 0 aromatic carbocycles. The van der Waals surface area contributed by atoms with E-state index >= 15 is 0 Å². The molecule has 1 aliphatic heterocycles. The highest BCUT2D eigenvalue weighted by Crippen LogP contribution is 2.18. The molecule has 1 amide bonds. The van der Waals surface area contributed by atoms with Crippen LogP contribution in [0.5, 0.6) is 0 Å². The van der Waals surface area contributed by atoms with E-state index in [0.717, 1.165) is 43.1 Å². The summed E-state index contributed by atoms with van der Waals surface area (Å²) < 4.78 is 7.38. The molecule has 0 radical (unpaired) electrons. The summed E-state index contributed by atoms with van der Waals surface area (Å²) in [6.07, 6.45) is 3.44. The number of ether oxygens (including phenoxy) is 1. The van der Waals surface area contributed by atoms with Gasteiger partial charge in [-0.2, -0.15) is 0 Å². The van der Waals surface area contributed by atoms with Crippen LogP contribution in [0.1, 0.15) is 48.2 Å². The largest absolute Gasteiger partial charge is 0.378 e. The predicted molar refractivity (Wildman–Crippen MR) is 113 cm³/mol. The highest BCUT2D eigenvalue weighted by Gasteiger charge is 2.19. The van der Waals surface area contributed by atoms with Crippen molar-refractivity contribution in [1.82, 2.24) is 29.9 Å². The Balaban J connectivity index is 1.39. The molecule has 3 aromatic heterocycles. The number of aromatic nitrogens is 5. The van der Waals surface area contributed by atoms with Crippen molar-refractivity contribution in [2.75, 3.05) is 37.7 Å². The molecule has 158 valence electrons. The standard InChI is InChI=1S/C21H27N7O2/c1-15(2)16-14-17(24-21(23-16)27-10-12-30-13-11-27)20(29)22-8-5-7-19-26-25-18-6-3-4-9-28(18)19/h3-4,6,9,14-15H,5,7-8,10-13H2,1-2H3,(H,22,29). The number of pyridine rings is 1.